The highest BCUT2D eigenvalue weighted by molar-refractivity contribution is 7.95. The summed E-state index contributed by atoms with van der Waals surface area (Å²) in [5.74, 6) is -0.233. The second-order valence-electron chi connectivity index (χ2n) is 6.30. The van der Waals surface area contributed by atoms with Crippen LogP contribution >= 0.6 is 0 Å². The van der Waals surface area contributed by atoms with Crippen molar-refractivity contribution in [2.24, 2.45) is 0 Å². The SMILES string of the molecule is COc1ccc(S(=O)(=O)C(=CC(=O)NO)CCCCc2ccccc2)cc1OC. The molecule has 0 spiro atoms. The van der Waals surface area contributed by atoms with Gasteiger partial charge < -0.3 is 9.47 Å². The first-order chi connectivity index (χ1) is 13.9. The standard InChI is InChI=1S/C21H25NO6S/c1-27-19-13-12-18(14-20(19)28-2)29(25,26)17(15-21(23)22-24)11-7-6-10-16-8-4-3-5-9-16/h3-5,8-9,12-15,24H,6-7,10-11H2,1-2H3,(H,22,23). The van der Waals surface area contributed by atoms with E-state index in [1.54, 1.807) is 0 Å². The van der Waals surface area contributed by atoms with Crippen molar-refractivity contribution in [1.29, 1.82) is 0 Å². The molecule has 0 aliphatic carbocycles. The highest BCUT2D eigenvalue weighted by atomic mass is 32.2. The van der Waals surface area contributed by atoms with Crippen LogP contribution in [0.1, 0.15) is 24.8 Å². The molecular formula is C21H25NO6S. The number of methoxy groups -OCH3 is 2. The molecule has 0 saturated carbocycles. The lowest BCUT2D eigenvalue weighted by atomic mass is 10.1. The minimum atomic E-state index is -3.96. The van der Waals surface area contributed by atoms with Crippen molar-refractivity contribution in [2.75, 3.05) is 14.2 Å². The Labute approximate surface area is 170 Å². The molecule has 2 aromatic rings. The van der Waals surface area contributed by atoms with Crippen molar-refractivity contribution in [3.8, 4) is 11.5 Å². The molecule has 0 bridgehead atoms. The van der Waals surface area contributed by atoms with Gasteiger partial charge in [-0.15, -0.1) is 0 Å². The Kier molecular flexibility index (Phi) is 8.23. The average molecular weight is 419 g/mol. The van der Waals surface area contributed by atoms with Crippen molar-refractivity contribution < 1.29 is 27.9 Å². The number of ether oxygens (including phenoxy) is 2. The highest BCUT2D eigenvalue weighted by Crippen LogP contribution is 2.32. The van der Waals surface area contributed by atoms with Crippen molar-refractivity contribution >= 4 is 15.7 Å². The van der Waals surface area contributed by atoms with E-state index < -0.39 is 15.7 Å². The van der Waals surface area contributed by atoms with E-state index in [1.807, 2.05) is 30.3 Å². The van der Waals surface area contributed by atoms with E-state index in [4.69, 9.17) is 14.7 Å². The topological polar surface area (TPSA) is 102 Å². The first kappa shape index (κ1) is 22.4. The third kappa shape index (κ3) is 6.07. The number of benzene rings is 2. The van der Waals surface area contributed by atoms with Gasteiger partial charge in [-0.3, -0.25) is 10.0 Å². The van der Waals surface area contributed by atoms with E-state index in [0.29, 0.717) is 12.2 Å². The molecule has 8 heteroatoms. The first-order valence-corrected chi connectivity index (χ1v) is 10.6. The molecular weight excluding hydrogens is 394 g/mol. The fourth-order valence-corrected chi connectivity index (χ4v) is 4.36. The molecule has 0 aliphatic rings. The fraction of sp³-hybridized carbons (Fsp3) is 0.286. The van der Waals surface area contributed by atoms with Crippen LogP contribution < -0.4 is 15.0 Å². The van der Waals surface area contributed by atoms with Gasteiger partial charge in [0.25, 0.3) is 5.91 Å². The first-order valence-electron chi connectivity index (χ1n) is 9.08. The summed E-state index contributed by atoms with van der Waals surface area (Å²) in [4.78, 5) is 11.5. The van der Waals surface area contributed by atoms with Crippen molar-refractivity contribution in [3.05, 3.63) is 65.1 Å². The van der Waals surface area contributed by atoms with Crippen LogP contribution in [0.3, 0.4) is 0 Å². The summed E-state index contributed by atoms with van der Waals surface area (Å²) in [5.41, 5.74) is 2.61. The van der Waals surface area contributed by atoms with Crippen molar-refractivity contribution in [3.63, 3.8) is 0 Å². The number of allylic oxidation sites excluding steroid dienone is 1. The molecule has 0 aromatic heterocycles. The summed E-state index contributed by atoms with van der Waals surface area (Å²) in [6.45, 7) is 0. The number of amides is 1. The Morgan fingerprint density at radius 3 is 2.34 bits per heavy atom. The summed E-state index contributed by atoms with van der Waals surface area (Å²) in [5, 5.41) is 8.82. The van der Waals surface area contributed by atoms with E-state index in [-0.39, 0.29) is 22.0 Å². The lowest BCUT2D eigenvalue weighted by Crippen LogP contribution is -2.18. The number of hydrogen-bond donors (Lipinski definition) is 2. The normalized spacial score (nSPS) is 11.8. The van der Waals surface area contributed by atoms with Gasteiger partial charge >= 0.3 is 0 Å². The quantitative estimate of drug-likeness (QED) is 0.265. The number of unbranched alkanes of at least 4 members (excludes halogenated alkanes) is 1. The number of carbonyl (C=O) groups is 1. The molecule has 0 unspecified atom stereocenters. The second-order valence-corrected chi connectivity index (χ2v) is 8.30. The molecule has 0 atom stereocenters. The van der Waals surface area contributed by atoms with Crippen LogP contribution in [0.5, 0.6) is 11.5 Å². The molecule has 0 aliphatic heterocycles. The van der Waals surface area contributed by atoms with Crippen LogP contribution in [-0.4, -0.2) is 33.8 Å². The smallest absolute Gasteiger partial charge is 0.268 e. The van der Waals surface area contributed by atoms with Gasteiger partial charge in [0.05, 0.1) is 24.0 Å². The third-order valence-electron chi connectivity index (χ3n) is 4.39. The van der Waals surface area contributed by atoms with Gasteiger partial charge in [-0.05, 0) is 43.4 Å². The van der Waals surface area contributed by atoms with Crippen LogP contribution in [0.2, 0.25) is 0 Å². The Morgan fingerprint density at radius 1 is 1.03 bits per heavy atom. The van der Waals surface area contributed by atoms with E-state index in [0.717, 1.165) is 24.5 Å². The molecule has 2 rings (SSSR count). The molecule has 2 N–H and O–H groups in total. The Hall–Kier alpha value is -2.84. The maximum Gasteiger partial charge on any atom is 0.268 e. The van der Waals surface area contributed by atoms with Gasteiger partial charge in [0.1, 0.15) is 0 Å². The zero-order valence-corrected chi connectivity index (χ0v) is 17.2. The van der Waals surface area contributed by atoms with Crippen LogP contribution in [0, 0.1) is 0 Å². The summed E-state index contributed by atoms with van der Waals surface area (Å²) >= 11 is 0. The molecule has 0 heterocycles. The van der Waals surface area contributed by atoms with Gasteiger partial charge in [0.15, 0.2) is 11.5 Å². The van der Waals surface area contributed by atoms with Crippen LogP contribution in [-0.2, 0) is 21.1 Å². The average Bonchev–Trinajstić information content (AvgIpc) is 2.75. The van der Waals surface area contributed by atoms with Crippen LogP contribution in [0.4, 0.5) is 0 Å². The molecule has 156 valence electrons. The molecule has 7 nitrogen and oxygen atoms in total. The molecule has 29 heavy (non-hydrogen) atoms. The van der Waals surface area contributed by atoms with E-state index in [2.05, 4.69) is 0 Å². The molecule has 2 aromatic carbocycles. The number of carbonyl (C=O) groups excluding carboxylic acids is 1. The number of hydroxylamine groups is 1. The predicted molar refractivity (Wildman–Crippen MR) is 109 cm³/mol. The van der Waals surface area contributed by atoms with Crippen molar-refractivity contribution in [1.82, 2.24) is 5.48 Å². The molecule has 0 radical (unpaired) electrons. The molecule has 0 saturated heterocycles. The number of rotatable bonds is 10. The third-order valence-corrected chi connectivity index (χ3v) is 6.28. The van der Waals surface area contributed by atoms with E-state index >= 15 is 0 Å². The van der Waals surface area contributed by atoms with Gasteiger partial charge in [0.2, 0.25) is 9.84 Å². The van der Waals surface area contributed by atoms with Gasteiger partial charge in [-0.1, -0.05) is 30.3 Å². The monoisotopic (exact) mass is 419 g/mol. The molecule has 0 fully saturated rings. The maximum atomic E-state index is 13.1. The van der Waals surface area contributed by atoms with Crippen LogP contribution in [0.15, 0.2) is 64.4 Å². The van der Waals surface area contributed by atoms with E-state index in [9.17, 15) is 13.2 Å². The summed E-state index contributed by atoms with van der Waals surface area (Å²) in [7, 11) is -1.09. The minimum Gasteiger partial charge on any atom is -0.493 e. The zero-order valence-electron chi connectivity index (χ0n) is 16.4. The number of aryl methyl sites for hydroxylation is 1. The van der Waals surface area contributed by atoms with Gasteiger partial charge in [-0.2, -0.15) is 0 Å². The Balaban J connectivity index is 2.21. The highest BCUT2D eigenvalue weighted by Gasteiger charge is 2.23. The van der Waals surface area contributed by atoms with Gasteiger partial charge in [-0.25, -0.2) is 13.9 Å². The summed E-state index contributed by atoms with van der Waals surface area (Å²) in [6, 6.07) is 14.1. The summed E-state index contributed by atoms with van der Waals surface area (Å²) < 4.78 is 36.5. The Morgan fingerprint density at radius 2 is 1.72 bits per heavy atom. The maximum absolute atomic E-state index is 13.1. The summed E-state index contributed by atoms with van der Waals surface area (Å²) in [6.07, 6.45) is 3.19. The fourth-order valence-electron chi connectivity index (χ4n) is 2.87. The van der Waals surface area contributed by atoms with Crippen LogP contribution in [0.25, 0.3) is 0 Å². The van der Waals surface area contributed by atoms with E-state index in [1.165, 1.54) is 37.9 Å². The van der Waals surface area contributed by atoms with Crippen molar-refractivity contribution in [2.45, 2.75) is 30.6 Å². The largest absolute Gasteiger partial charge is 0.493 e. The lowest BCUT2D eigenvalue weighted by Gasteiger charge is -2.12. The zero-order chi connectivity index (χ0) is 21.3. The number of sulfone groups is 1. The molecule has 1 amide bonds. The second kappa shape index (κ2) is 10.6. The number of hydrogen-bond acceptors (Lipinski definition) is 6. The Bertz CT molecular complexity index is 954. The minimum absolute atomic E-state index is 0.0183. The lowest BCUT2D eigenvalue weighted by molar-refractivity contribution is -0.124. The predicted octanol–water partition coefficient (Wildman–Crippen LogP) is 3.28. The van der Waals surface area contributed by atoms with Gasteiger partial charge in [0, 0.05) is 12.1 Å². The number of nitrogens with one attached hydrogen (secondary N) is 1.